The summed E-state index contributed by atoms with van der Waals surface area (Å²) in [5.74, 6) is 1.52. The number of methoxy groups -OCH3 is 2. The molecule has 2 N–H and O–H groups in total. The number of hydrogen-bond donors (Lipinski definition) is 2. The number of aromatic amines is 1. The molecule has 0 radical (unpaired) electrons. The van der Waals surface area contributed by atoms with Crippen molar-refractivity contribution in [3.05, 3.63) is 28.3 Å². The molecule has 1 heterocycles. The SMILES string of the molecule is CCN(CCNC(C)=O)Cc1nc2cc(OC)c(OC)cc2c(=O)[nH]1. The minimum atomic E-state index is -0.223. The van der Waals surface area contributed by atoms with E-state index in [1.54, 1.807) is 19.2 Å². The summed E-state index contributed by atoms with van der Waals surface area (Å²) in [4.78, 5) is 32.8. The molecule has 0 aliphatic rings. The first-order valence-electron chi connectivity index (χ1n) is 8.10. The van der Waals surface area contributed by atoms with E-state index in [1.807, 2.05) is 6.92 Å². The minimum Gasteiger partial charge on any atom is -0.493 e. The summed E-state index contributed by atoms with van der Waals surface area (Å²) >= 11 is 0. The van der Waals surface area contributed by atoms with Gasteiger partial charge >= 0.3 is 0 Å². The van der Waals surface area contributed by atoms with Gasteiger partial charge in [0.2, 0.25) is 5.91 Å². The van der Waals surface area contributed by atoms with Gasteiger partial charge < -0.3 is 19.8 Å². The number of ether oxygens (including phenoxy) is 2. The lowest BCUT2D eigenvalue weighted by Gasteiger charge is -2.20. The van der Waals surface area contributed by atoms with Gasteiger partial charge in [0.1, 0.15) is 5.82 Å². The molecular formula is C17H24N4O4. The van der Waals surface area contributed by atoms with Crippen LogP contribution in [0.3, 0.4) is 0 Å². The summed E-state index contributed by atoms with van der Waals surface area (Å²) in [6, 6.07) is 3.32. The molecule has 2 aromatic rings. The lowest BCUT2D eigenvalue weighted by atomic mass is 10.2. The Hall–Kier alpha value is -2.61. The van der Waals surface area contributed by atoms with Crippen LogP contribution in [-0.2, 0) is 11.3 Å². The quantitative estimate of drug-likeness (QED) is 0.736. The second-order valence-corrected chi connectivity index (χ2v) is 5.59. The first-order chi connectivity index (χ1) is 12.0. The van der Waals surface area contributed by atoms with Crippen molar-refractivity contribution < 1.29 is 14.3 Å². The maximum atomic E-state index is 12.4. The van der Waals surface area contributed by atoms with Gasteiger partial charge in [0, 0.05) is 26.1 Å². The Bertz CT molecular complexity index is 803. The van der Waals surface area contributed by atoms with Crippen LogP contribution in [0.4, 0.5) is 0 Å². The predicted molar refractivity (Wildman–Crippen MR) is 95.1 cm³/mol. The summed E-state index contributed by atoms with van der Waals surface area (Å²) < 4.78 is 10.5. The topological polar surface area (TPSA) is 96.6 Å². The number of rotatable bonds is 8. The van der Waals surface area contributed by atoms with Gasteiger partial charge in [0.25, 0.3) is 5.56 Å². The predicted octanol–water partition coefficient (Wildman–Crippen LogP) is 0.898. The van der Waals surface area contributed by atoms with Gasteiger partial charge in [-0.25, -0.2) is 4.98 Å². The zero-order valence-electron chi connectivity index (χ0n) is 15.0. The highest BCUT2D eigenvalue weighted by Gasteiger charge is 2.12. The van der Waals surface area contributed by atoms with E-state index >= 15 is 0 Å². The lowest BCUT2D eigenvalue weighted by molar-refractivity contribution is -0.119. The fraction of sp³-hybridized carbons (Fsp3) is 0.471. The van der Waals surface area contributed by atoms with Crippen LogP contribution < -0.4 is 20.3 Å². The summed E-state index contributed by atoms with van der Waals surface area (Å²) in [6.45, 7) is 5.97. The number of likely N-dealkylation sites (N-methyl/N-ethyl adjacent to an activating group) is 1. The molecule has 0 saturated heterocycles. The molecule has 1 amide bonds. The summed E-state index contributed by atoms with van der Waals surface area (Å²) in [5, 5.41) is 3.21. The molecule has 25 heavy (non-hydrogen) atoms. The summed E-state index contributed by atoms with van der Waals surface area (Å²) in [6.07, 6.45) is 0. The number of carbonyl (C=O) groups excluding carboxylic acids is 1. The van der Waals surface area contributed by atoms with Crippen molar-refractivity contribution in [3.63, 3.8) is 0 Å². The molecule has 136 valence electrons. The monoisotopic (exact) mass is 348 g/mol. The van der Waals surface area contributed by atoms with E-state index in [-0.39, 0.29) is 11.5 Å². The average Bonchev–Trinajstić information content (AvgIpc) is 2.59. The molecule has 0 aliphatic carbocycles. The highest BCUT2D eigenvalue weighted by molar-refractivity contribution is 5.81. The van der Waals surface area contributed by atoms with E-state index < -0.39 is 0 Å². The number of benzene rings is 1. The fourth-order valence-corrected chi connectivity index (χ4v) is 2.54. The van der Waals surface area contributed by atoms with Crippen LogP contribution in [0.1, 0.15) is 19.7 Å². The Labute approximate surface area is 146 Å². The van der Waals surface area contributed by atoms with Crippen LogP contribution in [0.25, 0.3) is 10.9 Å². The third-order valence-electron chi connectivity index (χ3n) is 3.88. The summed E-state index contributed by atoms with van der Waals surface area (Å²) in [5.41, 5.74) is 0.327. The van der Waals surface area contributed by atoms with Crippen molar-refractivity contribution in [1.82, 2.24) is 20.2 Å². The molecule has 0 saturated carbocycles. The van der Waals surface area contributed by atoms with E-state index in [9.17, 15) is 9.59 Å². The molecule has 0 bridgehead atoms. The van der Waals surface area contributed by atoms with Crippen LogP contribution in [0.15, 0.2) is 16.9 Å². The van der Waals surface area contributed by atoms with Crippen molar-refractivity contribution in [2.45, 2.75) is 20.4 Å². The van der Waals surface area contributed by atoms with Gasteiger partial charge in [0.15, 0.2) is 11.5 Å². The minimum absolute atomic E-state index is 0.0608. The largest absolute Gasteiger partial charge is 0.493 e. The zero-order chi connectivity index (χ0) is 18.4. The standard InChI is InChI=1S/C17H24N4O4/c1-5-21(7-6-18-11(2)22)10-16-19-13-9-15(25-4)14(24-3)8-12(13)17(23)20-16/h8-9H,5-7,10H2,1-4H3,(H,18,22)(H,19,20,23). The average molecular weight is 348 g/mol. The van der Waals surface area contributed by atoms with Gasteiger partial charge in [-0.15, -0.1) is 0 Å². The fourth-order valence-electron chi connectivity index (χ4n) is 2.54. The van der Waals surface area contributed by atoms with Gasteiger partial charge in [-0.05, 0) is 12.6 Å². The zero-order valence-corrected chi connectivity index (χ0v) is 15.0. The van der Waals surface area contributed by atoms with Gasteiger partial charge in [-0.3, -0.25) is 14.5 Å². The number of carbonyl (C=O) groups is 1. The van der Waals surface area contributed by atoms with Crippen molar-refractivity contribution in [3.8, 4) is 11.5 Å². The third kappa shape index (κ3) is 4.69. The number of nitrogens with zero attached hydrogens (tertiary/aromatic N) is 2. The lowest BCUT2D eigenvalue weighted by Crippen LogP contribution is -2.34. The van der Waals surface area contributed by atoms with Gasteiger partial charge in [-0.2, -0.15) is 0 Å². The second-order valence-electron chi connectivity index (χ2n) is 5.59. The van der Waals surface area contributed by atoms with Crippen molar-refractivity contribution in [2.24, 2.45) is 0 Å². The highest BCUT2D eigenvalue weighted by atomic mass is 16.5. The van der Waals surface area contributed by atoms with Crippen LogP contribution in [0, 0.1) is 0 Å². The first kappa shape index (κ1) is 18.7. The second kappa shape index (κ2) is 8.48. The van der Waals surface area contributed by atoms with Crippen LogP contribution >= 0.6 is 0 Å². The Morgan fingerprint density at radius 1 is 1.28 bits per heavy atom. The number of aromatic nitrogens is 2. The van der Waals surface area contributed by atoms with E-state index in [0.717, 1.165) is 6.54 Å². The number of amides is 1. The Morgan fingerprint density at radius 3 is 2.56 bits per heavy atom. The van der Waals surface area contributed by atoms with E-state index in [1.165, 1.54) is 14.0 Å². The molecule has 0 aliphatic heterocycles. The normalized spacial score (nSPS) is 10.9. The maximum absolute atomic E-state index is 12.4. The van der Waals surface area contributed by atoms with Gasteiger partial charge in [0.05, 0.1) is 31.7 Å². The smallest absolute Gasteiger partial charge is 0.258 e. The van der Waals surface area contributed by atoms with Crippen molar-refractivity contribution >= 4 is 16.8 Å². The summed E-state index contributed by atoms with van der Waals surface area (Å²) in [7, 11) is 3.06. The molecule has 0 atom stereocenters. The van der Waals surface area contributed by atoms with E-state index in [0.29, 0.717) is 47.9 Å². The van der Waals surface area contributed by atoms with E-state index in [2.05, 4.69) is 20.2 Å². The number of H-pyrrole nitrogens is 1. The first-order valence-corrected chi connectivity index (χ1v) is 8.10. The molecule has 1 aromatic carbocycles. The molecule has 0 fully saturated rings. The molecule has 8 heteroatoms. The molecule has 0 unspecified atom stereocenters. The Morgan fingerprint density at radius 2 is 1.96 bits per heavy atom. The van der Waals surface area contributed by atoms with E-state index in [4.69, 9.17) is 9.47 Å². The highest BCUT2D eigenvalue weighted by Crippen LogP contribution is 2.29. The Balaban J connectivity index is 2.26. The third-order valence-corrected chi connectivity index (χ3v) is 3.88. The van der Waals surface area contributed by atoms with Crippen molar-refractivity contribution in [2.75, 3.05) is 33.9 Å². The van der Waals surface area contributed by atoms with Crippen LogP contribution in [0.2, 0.25) is 0 Å². The van der Waals surface area contributed by atoms with Crippen molar-refractivity contribution in [1.29, 1.82) is 0 Å². The number of fused-ring (bicyclic) bond motifs is 1. The molecule has 8 nitrogen and oxygen atoms in total. The number of hydrogen-bond acceptors (Lipinski definition) is 6. The van der Waals surface area contributed by atoms with Crippen LogP contribution in [0.5, 0.6) is 11.5 Å². The van der Waals surface area contributed by atoms with Crippen LogP contribution in [-0.4, -0.2) is 54.6 Å². The molecule has 1 aromatic heterocycles. The molecule has 0 spiro atoms. The molecule has 2 rings (SSSR count). The van der Waals surface area contributed by atoms with Gasteiger partial charge in [-0.1, -0.05) is 6.92 Å². The molecular weight excluding hydrogens is 324 g/mol. The number of nitrogens with one attached hydrogen (secondary N) is 2. The maximum Gasteiger partial charge on any atom is 0.258 e. The Kier molecular flexibility index (Phi) is 6.35.